The van der Waals surface area contributed by atoms with Crippen molar-refractivity contribution >= 4 is 15.7 Å². The Morgan fingerprint density at radius 2 is 2.09 bits per heavy atom. The number of carbonyl (C=O) groups excluding carboxylic acids is 1. The van der Waals surface area contributed by atoms with Crippen LogP contribution in [0.4, 0.5) is 0 Å². The van der Waals surface area contributed by atoms with Crippen LogP contribution in [0.3, 0.4) is 0 Å². The van der Waals surface area contributed by atoms with E-state index in [0.29, 0.717) is 13.1 Å². The van der Waals surface area contributed by atoms with Gasteiger partial charge in [0.15, 0.2) is 9.84 Å². The number of hydrogen-bond donors (Lipinski definition) is 1. The number of sulfone groups is 1. The van der Waals surface area contributed by atoms with Crippen LogP contribution in [0.2, 0.25) is 0 Å². The highest BCUT2D eigenvalue weighted by molar-refractivity contribution is 7.93. The number of nitrogens with one attached hydrogen (secondary N) is 1. The normalized spacial score (nSPS) is 21.1. The summed E-state index contributed by atoms with van der Waals surface area (Å²) in [6.07, 6.45) is 1.84. The number of carbonyl (C=O) groups is 1. The van der Waals surface area contributed by atoms with Gasteiger partial charge in [-0.05, 0) is 46.6 Å². The van der Waals surface area contributed by atoms with E-state index in [1.54, 1.807) is 18.7 Å². The van der Waals surface area contributed by atoms with E-state index in [1.807, 2.05) is 13.0 Å². The summed E-state index contributed by atoms with van der Waals surface area (Å²) in [4.78, 5) is 14.2. The van der Waals surface area contributed by atoms with Crippen LogP contribution in [0.1, 0.15) is 50.9 Å². The zero-order chi connectivity index (χ0) is 16.5. The minimum Gasteiger partial charge on any atom is -0.341 e. The maximum atomic E-state index is 12.5. The van der Waals surface area contributed by atoms with Crippen molar-refractivity contribution in [2.24, 2.45) is 0 Å². The van der Waals surface area contributed by atoms with Crippen LogP contribution in [0, 0.1) is 6.92 Å². The highest BCUT2D eigenvalue weighted by Crippen LogP contribution is 2.27. The number of nitrogens with zero attached hydrogens (tertiary/aromatic N) is 2. The van der Waals surface area contributed by atoms with Crippen molar-refractivity contribution in [3.05, 3.63) is 17.5 Å². The number of piperidine rings is 1. The second-order valence-corrected chi connectivity index (χ2v) is 9.21. The summed E-state index contributed by atoms with van der Waals surface area (Å²) in [6.45, 7) is 7.84. The van der Waals surface area contributed by atoms with E-state index in [2.05, 4.69) is 10.2 Å². The topological polar surface area (TPSA) is 83.1 Å². The fourth-order valence-corrected chi connectivity index (χ4v) is 4.12. The lowest BCUT2D eigenvalue weighted by Gasteiger charge is -2.33. The maximum Gasteiger partial charge on any atom is 0.240 e. The molecule has 1 amide bonds. The molecule has 0 aromatic carbocycles. The molecule has 1 saturated heterocycles. The van der Waals surface area contributed by atoms with Gasteiger partial charge < -0.3 is 4.90 Å². The summed E-state index contributed by atoms with van der Waals surface area (Å²) in [5, 5.41) is 5.68. The quantitative estimate of drug-likeness (QED) is 0.911. The van der Waals surface area contributed by atoms with Crippen LogP contribution in [-0.2, 0) is 14.6 Å². The SMILES string of the molecule is Cc1cc([C@@H]2CCCN(C(=O)[C@H](C)S(=O)(=O)C(C)C)C2)n[nH]1. The third-order valence-electron chi connectivity index (χ3n) is 4.37. The first kappa shape index (κ1) is 17.0. The molecule has 0 aliphatic carbocycles. The monoisotopic (exact) mass is 327 g/mol. The lowest BCUT2D eigenvalue weighted by atomic mass is 9.94. The van der Waals surface area contributed by atoms with Crippen molar-refractivity contribution in [1.82, 2.24) is 15.1 Å². The number of aryl methyl sites for hydroxylation is 1. The van der Waals surface area contributed by atoms with Crippen LogP contribution in [-0.4, -0.2) is 53.0 Å². The zero-order valence-corrected chi connectivity index (χ0v) is 14.5. The third kappa shape index (κ3) is 3.34. The molecule has 1 aromatic rings. The standard InChI is InChI=1S/C15H25N3O3S/c1-10(2)22(20,21)12(4)15(19)18-7-5-6-13(9-18)14-8-11(3)16-17-14/h8,10,12-13H,5-7,9H2,1-4H3,(H,16,17)/t12-,13+/m0/s1. The van der Waals surface area contributed by atoms with Crippen molar-refractivity contribution < 1.29 is 13.2 Å². The fourth-order valence-electron chi connectivity index (χ4n) is 2.87. The Morgan fingerprint density at radius 1 is 1.41 bits per heavy atom. The average Bonchev–Trinajstić information content (AvgIpc) is 2.92. The Balaban J connectivity index is 2.10. The van der Waals surface area contributed by atoms with Gasteiger partial charge in [-0.1, -0.05) is 0 Å². The van der Waals surface area contributed by atoms with Gasteiger partial charge in [0.2, 0.25) is 5.91 Å². The van der Waals surface area contributed by atoms with Gasteiger partial charge in [0, 0.05) is 24.7 Å². The summed E-state index contributed by atoms with van der Waals surface area (Å²) in [6, 6.07) is 1.99. The predicted octanol–water partition coefficient (Wildman–Crippen LogP) is 1.64. The van der Waals surface area contributed by atoms with Gasteiger partial charge in [0.05, 0.1) is 10.9 Å². The highest BCUT2D eigenvalue weighted by Gasteiger charge is 2.36. The van der Waals surface area contributed by atoms with E-state index in [9.17, 15) is 13.2 Å². The van der Waals surface area contributed by atoms with Gasteiger partial charge >= 0.3 is 0 Å². The van der Waals surface area contributed by atoms with Crippen molar-refractivity contribution in [2.45, 2.75) is 57.0 Å². The molecule has 1 N–H and O–H groups in total. The van der Waals surface area contributed by atoms with Gasteiger partial charge in [-0.25, -0.2) is 8.42 Å². The smallest absolute Gasteiger partial charge is 0.240 e. The second-order valence-electron chi connectivity index (χ2n) is 6.38. The van der Waals surface area contributed by atoms with E-state index in [4.69, 9.17) is 0 Å². The number of likely N-dealkylation sites (tertiary alicyclic amines) is 1. The number of H-pyrrole nitrogens is 1. The number of aromatic amines is 1. The molecule has 0 bridgehead atoms. The van der Waals surface area contributed by atoms with Crippen molar-refractivity contribution in [3.8, 4) is 0 Å². The van der Waals surface area contributed by atoms with Gasteiger partial charge in [-0.2, -0.15) is 5.10 Å². The maximum absolute atomic E-state index is 12.5. The largest absolute Gasteiger partial charge is 0.341 e. The van der Waals surface area contributed by atoms with Gasteiger partial charge in [-0.15, -0.1) is 0 Å². The van der Waals surface area contributed by atoms with Gasteiger partial charge in [0.1, 0.15) is 5.25 Å². The number of rotatable bonds is 4. The molecule has 6 nitrogen and oxygen atoms in total. The molecule has 2 atom stereocenters. The number of amides is 1. The van der Waals surface area contributed by atoms with Crippen LogP contribution in [0.15, 0.2) is 6.07 Å². The van der Waals surface area contributed by atoms with Crippen LogP contribution < -0.4 is 0 Å². The van der Waals surface area contributed by atoms with Crippen molar-refractivity contribution in [2.75, 3.05) is 13.1 Å². The minimum absolute atomic E-state index is 0.177. The van der Waals surface area contributed by atoms with E-state index in [-0.39, 0.29) is 11.8 Å². The van der Waals surface area contributed by atoms with Crippen molar-refractivity contribution in [3.63, 3.8) is 0 Å². The molecule has 0 radical (unpaired) electrons. The molecule has 1 aliphatic rings. The highest BCUT2D eigenvalue weighted by atomic mass is 32.2. The van der Waals surface area contributed by atoms with Gasteiger partial charge in [-0.3, -0.25) is 9.89 Å². The molecule has 22 heavy (non-hydrogen) atoms. The summed E-state index contributed by atoms with van der Waals surface area (Å²) in [7, 11) is -3.42. The summed E-state index contributed by atoms with van der Waals surface area (Å²) in [5.74, 6) is -0.109. The molecular formula is C15H25N3O3S. The lowest BCUT2D eigenvalue weighted by Crippen LogP contribution is -2.47. The van der Waals surface area contributed by atoms with Gasteiger partial charge in [0.25, 0.3) is 0 Å². The Kier molecular flexibility index (Phi) is 4.94. The van der Waals surface area contributed by atoms with E-state index < -0.39 is 20.3 Å². The average molecular weight is 327 g/mol. The Labute approximate surface area is 132 Å². The number of hydrogen-bond acceptors (Lipinski definition) is 4. The molecule has 1 fully saturated rings. The lowest BCUT2D eigenvalue weighted by molar-refractivity contribution is -0.131. The molecule has 0 spiro atoms. The first-order valence-electron chi connectivity index (χ1n) is 7.77. The Bertz CT molecular complexity index is 636. The Morgan fingerprint density at radius 3 is 2.64 bits per heavy atom. The molecule has 1 aliphatic heterocycles. The van der Waals surface area contributed by atoms with Crippen LogP contribution >= 0.6 is 0 Å². The summed E-state index contributed by atoms with van der Waals surface area (Å²) >= 11 is 0. The van der Waals surface area contributed by atoms with E-state index >= 15 is 0 Å². The first-order chi connectivity index (χ1) is 10.2. The predicted molar refractivity (Wildman–Crippen MR) is 85.4 cm³/mol. The molecule has 2 rings (SSSR count). The molecule has 0 saturated carbocycles. The van der Waals surface area contributed by atoms with E-state index in [1.165, 1.54) is 6.92 Å². The first-order valence-corrected chi connectivity index (χ1v) is 9.37. The molecule has 0 unspecified atom stereocenters. The number of aromatic nitrogens is 2. The summed E-state index contributed by atoms with van der Waals surface area (Å²) in [5.41, 5.74) is 1.95. The van der Waals surface area contributed by atoms with Crippen LogP contribution in [0.25, 0.3) is 0 Å². The van der Waals surface area contributed by atoms with E-state index in [0.717, 1.165) is 24.2 Å². The summed E-state index contributed by atoms with van der Waals surface area (Å²) < 4.78 is 24.4. The Hall–Kier alpha value is -1.37. The molecular weight excluding hydrogens is 302 g/mol. The zero-order valence-electron chi connectivity index (χ0n) is 13.7. The third-order valence-corrected chi connectivity index (χ3v) is 6.88. The van der Waals surface area contributed by atoms with Crippen LogP contribution in [0.5, 0.6) is 0 Å². The molecule has 2 heterocycles. The molecule has 7 heteroatoms. The minimum atomic E-state index is -3.42. The second kappa shape index (κ2) is 6.40. The van der Waals surface area contributed by atoms with Crippen molar-refractivity contribution in [1.29, 1.82) is 0 Å². The fraction of sp³-hybridized carbons (Fsp3) is 0.733. The molecule has 1 aromatic heterocycles. The molecule has 124 valence electrons.